The number of thiophene rings is 1. The van der Waals surface area contributed by atoms with Gasteiger partial charge in [0, 0.05) is 29.8 Å². The number of hydrogen-bond donors (Lipinski definition) is 1. The summed E-state index contributed by atoms with van der Waals surface area (Å²) in [6.45, 7) is 3.36. The summed E-state index contributed by atoms with van der Waals surface area (Å²) in [4.78, 5) is 29.4. The summed E-state index contributed by atoms with van der Waals surface area (Å²) in [6.07, 6.45) is 4.21. The molecule has 8 heteroatoms. The SMILES string of the molecule is Cc1c(-c2ccccc2)sc(NC(=O)c2ccc(S(C)(=O)=O)cc2)c1C(=O)N1CCCCC1. The minimum atomic E-state index is -3.35. The summed E-state index contributed by atoms with van der Waals surface area (Å²) in [7, 11) is -3.35. The summed E-state index contributed by atoms with van der Waals surface area (Å²) in [5, 5.41) is 3.43. The number of piperidine rings is 1. The van der Waals surface area contributed by atoms with Gasteiger partial charge in [0.25, 0.3) is 11.8 Å². The number of nitrogens with one attached hydrogen (secondary N) is 1. The monoisotopic (exact) mass is 482 g/mol. The molecule has 0 radical (unpaired) electrons. The number of nitrogens with zero attached hydrogens (tertiary/aromatic N) is 1. The van der Waals surface area contributed by atoms with Gasteiger partial charge in [-0.1, -0.05) is 30.3 Å². The van der Waals surface area contributed by atoms with Crippen LogP contribution in [0, 0.1) is 6.92 Å². The Morgan fingerprint density at radius 1 is 0.939 bits per heavy atom. The average Bonchev–Trinajstić information content (AvgIpc) is 3.14. The van der Waals surface area contributed by atoms with Crippen molar-refractivity contribution in [3.05, 3.63) is 71.3 Å². The van der Waals surface area contributed by atoms with Gasteiger partial charge >= 0.3 is 0 Å². The van der Waals surface area contributed by atoms with Gasteiger partial charge < -0.3 is 10.2 Å². The van der Waals surface area contributed by atoms with Crippen LogP contribution in [0.3, 0.4) is 0 Å². The maximum atomic E-state index is 13.5. The van der Waals surface area contributed by atoms with E-state index in [0.717, 1.165) is 54.6 Å². The van der Waals surface area contributed by atoms with E-state index in [4.69, 9.17) is 0 Å². The van der Waals surface area contributed by atoms with Gasteiger partial charge in [-0.2, -0.15) is 0 Å². The Kier molecular flexibility index (Phi) is 6.67. The first-order chi connectivity index (χ1) is 15.8. The summed E-state index contributed by atoms with van der Waals surface area (Å²) < 4.78 is 23.4. The van der Waals surface area contributed by atoms with E-state index in [-0.39, 0.29) is 16.7 Å². The number of carbonyl (C=O) groups excluding carboxylic acids is 2. The van der Waals surface area contributed by atoms with E-state index in [2.05, 4.69) is 5.32 Å². The first-order valence-electron chi connectivity index (χ1n) is 10.9. The van der Waals surface area contributed by atoms with Crippen molar-refractivity contribution >= 4 is 38.0 Å². The molecule has 1 fully saturated rings. The van der Waals surface area contributed by atoms with Crippen molar-refractivity contribution in [2.24, 2.45) is 0 Å². The molecule has 1 aliphatic heterocycles. The Balaban J connectivity index is 1.70. The number of sulfone groups is 1. The fourth-order valence-corrected chi connectivity index (χ4v) is 5.84. The molecule has 6 nitrogen and oxygen atoms in total. The zero-order valence-corrected chi connectivity index (χ0v) is 20.3. The number of likely N-dealkylation sites (tertiary alicyclic amines) is 1. The molecule has 0 spiro atoms. The molecule has 2 amide bonds. The van der Waals surface area contributed by atoms with Gasteiger partial charge in [-0.25, -0.2) is 8.42 Å². The van der Waals surface area contributed by atoms with E-state index in [0.29, 0.717) is 16.1 Å². The fourth-order valence-electron chi connectivity index (χ4n) is 4.01. The van der Waals surface area contributed by atoms with Gasteiger partial charge in [0.05, 0.1) is 10.5 Å². The van der Waals surface area contributed by atoms with Crippen molar-refractivity contribution in [3.8, 4) is 10.4 Å². The van der Waals surface area contributed by atoms with E-state index < -0.39 is 9.84 Å². The third-order valence-electron chi connectivity index (χ3n) is 5.81. The Morgan fingerprint density at radius 3 is 2.18 bits per heavy atom. The van der Waals surface area contributed by atoms with Crippen molar-refractivity contribution in [2.75, 3.05) is 24.7 Å². The molecule has 0 unspecified atom stereocenters. The van der Waals surface area contributed by atoms with Crippen LogP contribution in [0.1, 0.15) is 45.5 Å². The molecule has 1 aliphatic rings. The van der Waals surface area contributed by atoms with Crippen LogP contribution in [0.2, 0.25) is 0 Å². The Morgan fingerprint density at radius 2 is 1.58 bits per heavy atom. The highest BCUT2D eigenvalue weighted by Crippen LogP contribution is 2.41. The van der Waals surface area contributed by atoms with E-state index in [1.807, 2.05) is 42.2 Å². The Bertz CT molecular complexity index is 1270. The second-order valence-corrected chi connectivity index (χ2v) is 11.3. The Labute approximate surface area is 198 Å². The number of amides is 2. The number of benzene rings is 2. The standard InChI is InChI=1S/C25H26N2O4S2/c1-17-21(25(29)27-15-7-4-8-16-27)24(32-22(17)18-9-5-3-6-10-18)26-23(28)19-11-13-20(14-12-19)33(2,30)31/h3,5-6,9-14H,4,7-8,15-16H2,1-2H3,(H,26,28). The van der Waals surface area contributed by atoms with Crippen LogP contribution in [-0.4, -0.2) is 44.5 Å². The predicted molar refractivity (Wildman–Crippen MR) is 132 cm³/mol. The van der Waals surface area contributed by atoms with E-state index in [1.165, 1.54) is 35.6 Å². The molecule has 4 rings (SSSR count). The lowest BCUT2D eigenvalue weighted by molar-refractivity contribution is 0.0725. The smallest absolute Gasteiger partial charge is 0.257 e. The third-order valence-corrected chi connectivity index (χ3v) is 8.20. The van der Waals surface area contributed by atoms with Crippen molar-refractivity contribution in [3.63, 3.8) is 0 Å². The van der Waals surface area contributed by atoms with Gasteiger partial charge in [0.1, 0.15) is 5.00 Å². The van der Waals surface area contributed by atoms with Gasteiger partial charge in [-0.15, -0.1) is 11.3 Å². The number of rotatable bonds is 5. The highest BCUT2D eigenvalue weighted by molar-refractivity contribution is 7.90. The summed E-state index contributed by atoms with van der Waals surface area (Å²) in [5.41, 5.74) is 2.70. The van der Waals surface area contributed by atoms with Crippen molar-refractivity contribution in [1.29, 1.82) is 0 Å². The minimum absolute atomic E-state index is 0.0617. The zero-order chi connectivity index (χ0) is 23.6. The second kappa shape index (κ2) is 9.49. The lowest BCUT2D eigenvalue weighted by atomic mass is 10.0. The largest absolute Gasteiger partial charge is 0.339 e. The number of carbonyl (C=O) groups is 2. The third kappa shape index (κ3) is 5.02. The molecule has 1 saturated heterocycles. The first-order valence-corrected chi connectivity index (χ1v) is 13.6. The van der Waals surface area contributed by atoms with Gasteiger partial charge in [-0.3, -0.25) is 9.59 Å². The molecule has 1 aromatic heterocycles. The number of anilines is 1. The Hall–Kier alpha value is -2.97. The van der Waals surface area contributed by atoms with Crippen LogP contribution in [0.15, 0.2) is 59.5 Å². The van der Waals surface area contributed by atoms with Crippen LogP contribution in [0.25, 0.3) is 10.4 Å². The summed E-state index contributed by atoms with van der Waals surface area (Å²) in [6, 6.07) is 15.6. The summed E-state index contributed by atoms with van der Waals surface area (Å²) in [5.74, 6) is -0.447. The van der Waals surface area contributed by atoms with E-state index in [1.54, 1.807) is 0 Å². The molecule has 3 aromatic rings. The molecule has 33 heavy (non-hydrogen) atoms. The molecule has 172 valence electrons. The number of hydrogen-bond acceptors (Lipinski definition) is 5. The molecule has 0 aliphatic carbocycles. The maximum Gasteiger partial charge on any atom is 0.257 e. The van der Waals surface area contributed by atoms with Gasteiger partial charge in [0.2, 0.25) is 0 Å². The lowest BCUT2D eigenvalue weighted by Crippen LogP contribution is -2.36. The molecule has 0 atom stereocenters. The lowest BCUT2D eigenvalue weighted by Gasteiger charge is -2.27. The van der Waals surface area contributed by atoms with Crippen molar-refractivity contribution in [2.45, 2.75) is 31.1 Å². The minimum Gasteiger partial charge on any atom is -0.339 e. The quantitative estimate of drug-likeness (QED) is 0.554. The average molecular weight is 483 g/mol. The van der Waals surface area contributed by atoms with E-state index >= 15 is 0 Å². The predicted octanol–water partition coefficient (Wildman–Crippen LogP) is 5.01. The highest BCUT2D eigenvalue weighted by atomic mass is 32.2. The molecule has 0 bridgehead atoms. The highest BCUT2D eigenvalue weighted by Gasteiger charge is 2.28. The molecular formula is C25H26N2O4S2. The molecule has 1 N–H and O–H groups in total. The topological polar surface area (TPSA) is 83.5 Å². The first kappa shape index (κ1) is 23.2. The van der Waals surface area contributed by atoms with Gasteiger partial charge in [-0.05, 0) is 61.6 Å². The molecule has 0 saturated carbocycles. The van der Waals surface area contributed by atoms with Crippen molar-refractivity contribution < 1.29 is 18.0 Å². The molecular weight excluding hydrogens is 456 g/mol. The summed E-state index contributed by atoms with van der Waals surface area (Å²) >= 11 is 1.39. The van der Waals surface area contributed by atoms with Crippen LogP contribution < -0.4 is 5.32 Å². The fraction of sp³-hybridized carbons (Fsp3) is 0.280. The van der Waals surface area contributed by atoms with Crippen LogP contribution in [0.5, 0.6) is 0 Å². The van der Waals surface area contributed by atoms with Crippen LogP contribution in [0.4, 0.5) is 5.00 Å². The van der Waals surface area contributed by atoms with Crippen LogP contribution >= 0.6 is 11.3 Å². The second-order valence-electron chi connectivity index (χ2n) is 8.23. The zero-order valence-electron chi connectivity index (χ0n) is 18.6. The molecule has 2 heterocycles. The maximum absolute atomic E-state index is 13.5. The van der Waals surface area contributed by atoms with Crippen molar-refractivity contribution in [1.82, 2.24) is 4.90 Å². The molecule has 2 aromatic carbocycles. The van der Waals surface area contributed by atoms with Gasteiger partial charge in [0.15, 0.2) is 9.84 Å². The normalized spacial score (nSPS) is 14.2. The van der Waals surface area contributed by atoms with Crippen LogP contribution in [-0.2, 0) is 9.84 Å². The van der Waals surface area contributed by atoms with E-state index in [9.17, 15) is 18.0 Å².